The zero-order valence-electron chi connectivity index (χ0n) is 17.1. The highest BCUT2D eigenvalue weighted by atomic mass is 35.5. The maximum Gasteiger partial charge on any atom is 0.507 e. The van der Waals surface area contributed by atoms with Gasteiger partial charge in [-0.1, -0.05) is 0 Å². The SMILES string of the molecule is Cl.FC1(F)Oc2ccc(Nc3cc4cc(OC5CCNCC5)ccc4cn3)cc2OC1(F)F. The Bertz CT molecular complexity index is 1160. The number of aromatic nitrogens is 1. The van der Waals surface area contributed by atoms with Crippen molar-refractivity contribution < 1.29 is 31.8 Å². The van der Waals surface area contributed by atoms with E-state index in [1.165, 1.54) is 6.07 Å². The van der Waals surface area contributed by atoms with E-state index in [4.69, 9.17) is 4.74 Å². The molecule has 2 aromatic carbocycles. The van der Waals surface area contributed by atoms with Crippen molar-refractivity contribution in [1.82, 2.24) is 10.3 Å². The summed E-state index contributed by atoms with van der Waals surface area (Å²) in [5.74, 6) is 0.219. The lowest BCUT2D eigenvalue weighted by Crippen LogP contribution is -2.52. The van der Waals surface area contributed by atoms with E-state index in [9.17, 15) is 17.6 Å². The first-order valence-electron chi connectivity index (χ1n) is 10.1. The smallest absolute Gasteiger partial charge is 0.490 e. The predicted octanol–water partition coefficient (Wildman–Crippen LogP) is 5.49. The van der Waals surface area contributed by atoms with Gasteiger partial charge in [-0.25, -0.2) is 4.98 Å². The number of ether oxygens (including phenoxy) is 3. The Kier molecular flexibility index (Phi) is 6.15. The summed E-state index contributed by atoms with van der Waals surface area (Å²) in [6, 6.07) is 11.2. The average molecular weight is 486 g/mol. The molecule has 0 bridgehead atoms. The number of rotatable bonds is 4. The minimum absolute atomic E-state index is 0. The number of nitrogens with zero attached hydrogens (tertiary/aromatic N) is 1. The highest BCUT2D eigenvalue weighted by Crippen LogP contribution is 2.47. The van der Waals surface area contributed by atoms with Gasteiger partial charge in [-0.2, -0.15) is 17.6 Å². The molecule has 5 rings (SSSR count). The molecule has 0 amide bonds. The predicted molar refractivity (Wildman–Crippen MR) is 116 cm³/mol. The van der Waals surface area contributed by atoms with Crippen molar-refractivity contribution in [3.63, 3.8) is 0 Å². The zero-order valence-corrected chi connectivity index (χ0v) is 17.9. The van der Waals surface area contributed by atoms with Gasteiger partial charge in [0.1, 0.15) is 17.7 Å². The molecule has 2 aliphatic heterocycles. The van der Waals surface area contributed by atoms with Crippen LogP contribution >= 0.6 is 12.4 Å². The molecule has 0 radical (unpaired) electrons. The number of halogens is 5. The molecule has 1 fully saturated rings. The van der Waals surface area contributed by atoms with Crippen LogP contribution < -0.4 is 24.8 Å². The summed E-state index contributed by atoms with van der Waals surface area (Å²) in [5.41, 5.74) is 0.322. The lowest BCUT2D eigenvalue weighted by atomic mass is 10.1. The van der Waals surface area contributed by atoms with E-state index in [-0.39, 0.29) is 18.5 Å². The van der Waals surface area contributed by atoms with E-state index in [1.54, 1.807) is 12.3 Å². The third-order valence-corrected chi connectivity index (χ3v) is 5.31. The Labute approximate surface area is 192 Å². The van der Waals surface area contributed by atoms with Crippen LogP contribution in [0.5, 0.6) is 17.2 Å². The highest BCUT2D eigenvalue weighted by molar-refractivity contribution is 5.86. The molecular weight excluding hydrogens is 466 g/mol. The number of hydrogen-bond donors (Lipinski definition) is 2. The van der Waals surface area contributed by atoms with E-state index < -0.39 is 23.7 Å². The van der Waals surface area contributed by atoms with E-state index in [2.05, 4.69) is 25.1 Å². The molecule has 3 aromatic rings. The van der Waals surface area contributed by atoms with Crippen LogP contribution in [0.2, 0.25) is 0 Å². The second-order valence-corrected chi connectivity index (χ2v) is 7.67. The third kappa shape index (κ3) is 4.72. The first kappa shape index (κ1) is 23.2. The summed E-state index contributed by atoms with van der Waals surface area (Å²) in [7, 11) is 0. The van der Waals surface area contributed by atoms with Crippen LogP contribution in [0.15, 0.2) is 48.7 Å². The van der Waals surface area contributed by atoms with Crippen LogP contribution in [0.25, 0.3) is 10.8 Å². The maximum absolute atomic E-state index is 13.5. The van der Waals surface area contributed by atoms with E-state index >= 15 is 0 Å². The molecule has 2 aliphatic rings. The Morgan fingerprint density at radius 2 is 1.64 bits per heavy atom. The van der Waals surface area contributed by atoms with Crippen LogP contribution in [-0.2, 0) is 0 Å². The van der Waals surface area contributed by atoms with E-state index in [1.807, 2.05) is 18.2 Å². The van der Waals surface area contributed by atoms with Crippen molar-refractivity contribution in [3.8, 4) is 17.2 Å². The summed E-state index contributed by atoms with van der Waals surface area (Å²) >= 11 is 0. The summed E-state index contributed by atoms with van der Waals surface area (Å²) in [6.07, 6.45) is -5.81. The molecule has 1 aromatic heterocycles. The molecule has 0 atom stereocenters. The van der Waals surface area contributed by atoms with E-state index in [0.717, 1.165) is 54.6 Å². The number of anilines is 2. The van der Waals surface area contributed by atoms with Gasteiger partial charge in [0, 0.05) is 23.3 Å². The molecule has 2 N–H and O–H groups in total. The van der Waals surface area contributed by atoms with Crippen LogP contribution in [-0.4, -0.2) is 36.4 Å². The Morgan fingerprint density at radius 1 is 0.909 bits per heavy atom. The molecular formula is C22H20ClF4N3O3. The van der Waals surface area contributed by atoms with Crippen molar-refractivity contribution in [3.05, 3.63) is 48.7 Å². The number of benzene rings is 2. The van der Waals surface area contributed by atoms with Crippen LogP contribution in [0.3, 0.4) is 0 Å². The number of piperidine rings is 1. The van der Waals surface area contributed by atoms with Crippen LogP contribution in [0.1, 0.15) is 12.8 Å². The first-order valence-corrected chi connectivity index (χ1v) is 10.1. The molecule has 0 saturated carbocycles. The molecule has 0 aliphatic carbocycles. The van der Waals surface area contributed by atoms with E-state index in [0.29, 0.717) is 11.5 Å². The van der Waals surface area contributed by atoms with Gasteiger partial charge in [0.15, 0.2) is 11.5 Å². The lowest BCUT2D eigenvalue weighted by molar-refractivity contribution is -0.391. The average Bonchev–Trinajstić information content (AvgIpc) is 2.75. The Hall–Kier alpha value is -2.98. The van der Waals surface area contributed by atoms with Gasteiger partial charge in [-0.05, 0) is 67.7 Å². The van der Waals surface area contributed by atoms with Crippen molar-refractivity contribution in [1.29, 1.82) is 0 Å². The summed E-state index contributed by atoms with van der Waals surface area (Å²) in [4.78, 5) is 4.31. The van der Waals surface area contributed by atoms with Gasteiger partial charge in [0.25, 0.3) is 0 Å². The summed E-state index contributed by atoms with van der Waals surface area (Å²) in [6.45, 7) is 1.85. The number of hydrogen-bond acceptors (Lipinski definition) is 6. The van der Waals surface area contributed by atoms with Gasteiger partial charge in [0.2, 0.25) is 0 Å². The van der Waals surface area contributed by atoms with Gasteiger partial charge in [-0.3, -0.25) is 0 Å². The fourth-order valence-corrected chi connectivity index (χ4v) is 3.66. The van der Waals surface area contributed by atoms with Crippen LogP contribution in [0, 0.1) is 0 Å². The first-order chi connectivity index (χ1) is 15.3. The summed E-state index contributed by atoms with van der Waals surface area (Å²) in [5, 5.41) is 8.04. The third-order valence-electron chi connectivity index (χ3n) is 5.31. The van der Waals surface area contributed by atoms with Crippen LogP contribution in [0.4, 0.5) is 29.1 Å². The van der Waals surface area contributed by atoms with Gasteiger partial charge in [-0.15, -0.1) is 12.4 Å². The standard InChI is InChI=1S/C22H19F4N3O3.ClH/c23-21(24)22(25,26)32-19-11-15(2-4-18(19)31-21)29-20-10-14-9-17(3-1-13(14)12-28-20)30-16-5-7-27-8-6-16;/h1-4,9-12,16,27H,5-8H2,(H,28,29);1H. The minimum Gasteiger partial charge on any atom is -0.490 e. The normalized spacial score (nSPS) is 18.9. The van der Waals surface area contributed by atoms with Gasteiger partial charge in [0.05, 0.1) is 0 Å². The second-order valence-electron chi connectivity index (χ2n) is 7.67. The monoisotopic (exact) mass is 485 g/mol. The molecule has 6 nitrogen and oxygen atoms in total. The van der Waals surface area contributed by atoms with Crippen molar-refractivity contribution in [2.24, 2.45) is 0 Å². The van der Waals surface area contributed by atoms with Crippen molar-refractivity contribution >= 4 is 34.7 Å². The highest BCUT2D eigenvalue weighted by Gasteiger charge is 2.65. The van der Waals surface area contributed by atoms with Crippen molar-refractivity contribution in [2.75, 3.05) is 18.4 Å². The molecule has 0 spiro atoms. The fourth-order valence-electron chi connectivity index (χ4n) is 3.66. The fraction of sp³-hybridized carbons (Fsp3) is 0.318. The molecule has 1 saturated heterocycles. The maximum atomic E-state index is 13.5. The molecule has 33 heavy (non-hydrogen) atoms. The number of fused-ring (bicyclic) bond motifs is 2. The molecule has 176 valence electrons. The quantitative estimate of drug-likeness (QED) is 0.477. The van der Waals surface area contributed by atoms with Gasteiger partial charge < -0.3 is 24.8 Å². The minimum atomic E-state index is -4.77. The summed E-state index contributed by atoms with van der Waals surface area (Å²) < 4.78 is 67.9. The number of alkyl halides is 4. The molecule has 3 heterocycles. The Balaban J connectivity index is 0.00000259. The lowest BCUT2D eigenvalue weighted by Gasteiger charge is -2.31. The molecule has 0 unspecified atom stereocenters. The van der Waals surface area contributed by atoms with Crippen molar-refractivity contribution in [2.45, 2.75) is 31.2 Å². The largest absolute Gasteiger partial charge is 0.507 e. The number of pyridine rings is 1. The van der Waals surface area contributed by atoms with Gasteiger partial charge >= 0.3 is 12.2 Å². The zero-order chi connectivity index (χ0) is 22.3. The Morgan fingerprint density at radius 3 is 2.39 bits per heavy atom. The topological polar surface area (TPSA) is 64.6 Å². The second kappa shape index (κ2) is 8.75. The number of nitrogens with one attached hydrogen (secondary N) is 2. The molecule has 11 heteroatoms.